The van der Waals surface area contributed by atoms with Crippen LogP contribution in [0.15, 0.2) is 76.4 Å². The quantitative estimate of drug-likeness (QED) is 0.639. The molecule has 2 aliphatic heterocycles. The summed E-state index contributed by atoms with van der Waals surface area (Å²) in [5.74, 6) is 1.71. The Morgan fingerprint density at radius 2 is 1.84 bits per heavy atom. The summed E-state index contributed by atoms with van der Waals surface area (Å²) in [7, 11) is 0. The van der Waals surface area contributed by atoms with Gasteiger partial charge in [-0.15, -0.1) is 0 Å². The molecule has 2 atom stereocenters. The van der Waals surface area contributed by atoms with Crippen molar-refractivity contribution in [1.29, 1.82) is 0 Å². The highest BCUT2D eigenvalue weighted by Gasteiger charge is 2.41. The Labute approximate surface area is 150 Å². The Morgan fingerprint density at radius 1 is 1.00 bits per heavy atom. The second-order valence-electron chi connectivity index (χ2n) is 6.18. The van der Waals surface area contributed by atoms with E-state index in [1.165, 1.54) is 0 Å². The molecular formula is C20H15ClN2O2. The smallest absolute Gasteiger partial charge is 0.213 e. The molecule has 2 aliphatic rings. The fourth-order valence-electron chi connectivity index (χ4n) is 3.47. The lowest BCUT2D eigenvalue weighted by Gasteiger charge is -2.38. The van der Waals surface area contributed by atoms with Crippen LogP contribution in [-0.4, -0.2) is 10.7 Å². The Bertz CT molecular complexity index is 935. The highest BCUT2D eigenvalue weighted by Crippen LogP contribution is 2.47. The van der Waals surface area contributed by atoms with Crippen molar-refractivity contribution < 1.29 is 9.15 Å². The van der Waals surface area contributed by atoms with Gasteiger partial charge in [-0.05, 0) is 30.3 Å². The van der Waals surface area contributed by atoms with E-state index in [0.29, 0.717) is 5.02 Å². The summed E-state index contributed by atoms with van der Waals surface area (Å²) in [6.07, 6.45) is 2.18. The van der Waals surface area contributed by atoms with Crippen LogP contribution in [0.5, 0.6) is 5.75 Å². The van der Waals surface area contributed by atoms with Crippen molar-refractivity contribution in [2.75, 3.05) is 0 Å². The summed E-state index contributed by atoms with van der Waals surface area (Å²) >= 11 is 6.04. The molecule has 0 amide bonds. The molecule has 0 unspecified atom stereocenters. The average molecular weight is 351 g/mol. The van der Waals surface area contributed by atoms with E-state index in [-0.39, 0.29) is 12.3 Å². The number of hydrogen-bond acceptors (Lipinski definition) is 4. The lowest BCUT2D eigenvalue weighted by atomic mass is 9.97. The minimum absolute atomic E-state index is 0.130. The number of benzene rings is 2. The summed E-state index contributed by atoms with van der Waals surface area (Å²) < 4.78 is 11.8. The minimum atomic E-state index is -0.287. The molecule has 5 heteroatoms. The lowest BCUT2D eigenvalue weighted by Crippen LogP contribution is -2.33. The molecular weight excluding hydrogens is 336 g/mol. The van der Waals surface area contributed by atoms with E-state index >= 15 is 0 Å². The largest absolute Gasteiger partial charge is 0.464 e. The molecule has 2 aromatic carbocycles. The Balaban J connectivity index is 1.60. The van der Waals surface area contributed by atoms with Gasteiger partial charge in [0, 0.05) is 22.6 Å². The number of rotatable bonds is 2. The maximum atomic E-state index is 6.28. The number of para-hydroxylation sites is 1. The lowest BCUT2D eigenvalue weighted by molar-refractivity contribution is -0.0190. The van der Waals surface area contributed by atoms with E-state index in [0.717, 1.165) is 34.8 Å². The van der Waals surface area contributed by atoms with E-state index < -0.39 is 0 Å². The molecule has 0 saturated heterocycles. The summed E-state index contributed by atoms with van der Waals surface area (Å²) in [4.78, 5) is 0. The van der Waals surface area contributed by atoms with Crippen molar-refractivity contribution in [2.45, 2.75) is 18.7 Å². The zero-order valence-corrected chi connectivity index (χ0v) is 14.1. The molecule has 0 aliphatic carbocycles. The highest BCUT2D eigenvalue weighted by molar-refractivity contribution is 6.30. The van der Waals surface area contributed by atoms with Gasteiger partial charge in [-0.1, -0.05) is 41.9 Å². The monoisotopic (exact) mass is 350 g/mol. The van der Waals surface area contributed by atoms with E-state index in [1.54, 1.807) is 6.26 Å². The van der Waals surface area contributed by atoms with Gasteiger partial charge in [0.15, 0.2) is 0 Å². The van der Waals surface area contributed by atoms with E-state index in [1.807, 2.05) is 59.6 Å². The predicted molar refractivity (Wildman–Crippen MR) is 95.7 cm³/mol. The Morgan fingerprint density at radius 3 is 2.64 bits per heavy atom. The molecule has 25 heavy (non-hydrogen) atoms. The van der Waals surface area contributed by atoms with Gasteiger partial charge in [0.1, 0.15) is 17.2 Å². The van der Waals surface area contributed by atoms with Crippen molar-refractivity contribution in [3.05, 3.63) is 88.8 Å². The Kier molecular flexibility index (Phi) is 3.31. The molecule has 124 valence electrons. The summed E-state index contributed by atoms with van der Waals surface area (Å²) in [5, 5.41) is 7.57. The van der Waals surface area contributed by atoms with Crippen LogP contribution in [0.25, 0.3) is 0 Å². The molecule has 0 saturated carbocycles. The van der Waals surface area contributed by atoms with Crippen LogP contribution in [0.2, 0.25) is 5.02 Å². The van der Waals surface area contributed by atoms with Crippen molar-refractivity contribution in [3.8, 4) is 5.75 Å². The predicted octanol–water partition coefficient (Wildman–Crippen LogP) is 5.18. The number of halogens is 1. The molecule has 0 bridgehead atoms. The molecule has 3 heterocycles. The fraction of sp³-hybridized carbons (Fsp3) is 0.150. The van der Waals surface area contributed by atoms with Gasteiger partial charge in [0.05, 0.1) is 12.3 Å². The molecule has 0 fully saturated rings. The molecule has 0 N–H and O–H groups in total. The SMILES string of the molecule is Clc1ccc([C@H]2Oc3ccccc3[C@H]3CC(c4ccco4)=NN32)cc1. The highest BCUT2D eigenvalue weighted by atomic mass is 35.5. The van der Waals surface area contributed by atoms with Gasteiger partial charge in [0.2, 0.25) is 6.23 Å². The van der Waals surface area contributed by atoms with Crippen LogP contribution in [0, 0.1) is 0 Å². The fourth-order valence-corrected chi connectivity index (χ4v) is 3.60. The molecule has 5 rings (SSSR count). The zero-order valence-electron chi connectivity index (χ0n) is 13.3. The number of hydrogen-bond donors (Lipinski definition) is 0. The van der Waals surface area contributed by atoms with Crippen molar-refractivity contribution >= 4 is 17.3 Å². The number of ether oxygens (including phenoxy) is 1. The number of nitrogens with zero attached hydrogens (tertiary/aromatic N) is 2. The van der Waals surface area contributed by atoms with Gasteiger partial charge in [-0.25, -0.2) is 5.01 Å². The van der Waals surface area contributed by atoms with Gasteiger partial charge in [-0.3, -0.25) is 0 Å². The maximum absolute atomic E-state index is 6.28. The molecule has 0 radical (unpaired) electrons. The van der Waals surface area contributed by atoms with E-state index in [4.69, 9.17) is 25.9 Å². The van der Waals surface area contributed by atoms with Gasteiger partial charge in [-0.2, -0.15) is 5.10 Å². The number of furan rings is 1. The van der Waals surface area contributed by atoms with Gasteiger partial charge >= 0.3 is 0 Å². The average Bonchev–Trinajstić information content (AvgIpc) is 3.31. The van der Waals surface area contributed by atoms with Crippen LogP contribution >= 0.6 is 11.6 Å². The normalized spacial score (nSPS) is 21.3. The second kappa shape index (κ2) is 5.67. The topological polar surface area (TPSA) is 38.0 Å². The summed E-state index contributed by atoms with van der Waals surface area (Å²) in [5.41, 5.74) is 3.11. The molecule has 3 aromatic rings. The van der Waals surface area contributed by atoms with Crippen molar-refractivity contribution in [3.63, 3.8) is 0 Å². The maximum Gasteiger partial charge on any atom is 0.213 e. The van der Waals surface area contributed by atoms with Crippen LogP contribution < -0.4 is 4.74 Å². The van der Waals surface area contributed by atoms with Crippen LogP contribution in [0.4, 0.5) is 0 Å². The zero-order chi connectivity index (χ0) is 16.8. The minimum Gasteiger partial charge on any atom is -0.464 e. The first-order chi connectivity index (χ1) is 12.3. The first-order valence-electron chi connectivity index (χ1n) is 8.20. The first kappa shape index (κ1) is 14.6. The third-order valence-corrected chi connectivity index (χ3v) is 4.91. The Hall–Kier alpha value is -2.72. The summed E-state index contributed by atoms with van der Waals surface area (Å²) in [6.45, 7) is 0. The molecule has 0 spiro atoms. The number of fused-ring (bicyclic) bond motifs is 3. The van der Waals surface area contributed by atoms with Gasteiger partial charge in [0.25, 0.3) is 0 Å². The second-order valence-corrected chi connectivity index (χ2v) is 6.62. The third kappa shape index (κ3) is 2.41. The summed E-state index contributed by atoms with van der Waals surface area (Å²) in [6, 6.07) is 19.8. The standard InChI is InChI=1S/C20H15ClN2O2/c21-14-9-7-13(8-10-14)20-23-17(15-4-1-2-5-18(15)25-20)12-16(22-23)19-6-3-11-24-19/h1-11,17,20H,12H2/t17-,20-/m1/s1. The van der Waals surface area contributed by atoms with E-state index in [9.17, 15) is 0 Å². The van der Waals surface area contributed by atoms with Crippen LogP contribution in [-0.2, 0) is 0 Å². The number of hydrazone groups is 1. The first-order valence-corrected chi connectivity index (χ1v) is 8.58. The van der Waals surface area contributed by atoms with Crippen molar-refractivity contribution in [1.82, 2.24) is 5.01 Å². The molecule has 4 nitrogen and oxygen atoms in total. The van der Waals surface area contributed by atoms with E-state index in [2.05, 4.69) is 6.07 Å². The third-order valence-electron chi connectivity index (χ3n) is 4.66. The van der Waals surface area contributed by atoms with Crippen LogP contribution in [0.1, 0.15) is 35.6 Å². The van der Waals surface area contributed by atoms with Crippen molar-refractivity contribution in [2.24, 2.45) is 5.10 Å². The van der Waals surface area contributed by atoms with Gasteiger partial charge < -0.3 is 9.15 Å². The molecule has 1 aromatic heterocycles. The van der Waals surface area contributed by atoms with Crippen LogP contribution in [0.3, 0.4) is 0 Å².